The van der Waals surface area contributed by atoms with Crippen LogP contribution in [0.4, 0.5) is 11.4 Å². The second-order valence-electron chi connectivity index (χ2n) is 5.49. The lowest BCUT2D eigenvalue weighted by Crippen LogP contribution is -2.23. The Hall–Kier alpha value is -2.34. The molecule has 1 aliphatic heterocycles. The van der Waals surface area contributed by atoms with Crippen molar-refractivity contribution in [1.82, 2.24) is 0 Å². The SMILES string of the molecule is O=C(COc1ccc(N2CCCC2=O)cc1)Nc1ccc(Br)cc1. The number of ether oxygens (including phenoxy) is 1. The third-order valence-electron chi connectivity index (χ3n) is 3.72. The van der Waals surface area contributed by atoms with E-state index in [2.05, 4.69) is 21.2 Å². The van der Waals surface area contributed by atoms with E-state index in [4.69, 9.17) is 4.74 Å². The first-order valence-corrected chi connectivity index (χ1v) is 8.50. The fraction of sp³-hybridized carbons (Fsp3) is 0.222. The van der Waals surface area contributed by atoms with E-state index in [0.29, 0.717) is 12.2 Å². The standard InChI is InChI=1S/C18H17BrN2O3/c19-13-3-5-14(6-4-13)20-17(22)12-24-16-9-7-15(8-10-16)21-11-1-2-18(21)23/h3-10H,1-2,11-12H2,(H,20,22). The monoisotopic (exact) mass is 388 g/mol. The molecule has 1 aliphatic rings. The highest BCUT2D eigenvalue weighted by molar-refractivity contribution is 9.10. The first-order chi connectivity index (χ1) is 11.6. The molecule has 0 unspecified atom stereocenters. The molecule has 2 aromatic carbocycles. The Bertz CT molecular complexity index is 729. The van der Waals surface area contributed by atoms with Crippen molar-refractivity contribution in [1.29, 1.82) is 0 Å². The zero-order chi connectivity index (χ0) is 16.9. The minimum atomic E-state index is -0.226. The summed E-state index contributed by atoms with van der Waals surface area (Å²) >= 11 is 3.34. The predicted molar refractivity (Wildman–Crippen MR) is 96.3 cm³/mol. The van der Waals surface area contributed by atoms with Crippen molar-refractivity contribution in [2.24, 2.45) is 0 Å². The van der Waals surface area contributed by atoms with Crippen molar-refractivity contribution >= 4 is 39.1 Å². The summed E-state index contributed by atoms with van der Waals surface area (Å²) in [4.78, 5) is 25.4. The first kappa shape index (κ1) is 16.5. The normalized spacial score (nSPS) is 13.9. The van der Waals surface area contributed by atoms with Gasteiger partial charge in [-0.05, 0) is 55.0 Å². The van der Waals surface area contributed by atoms with Crippen molar-refractivity contribution in [2.45, 2.75) is 12.8 Å². The van der Waals surface area contributed by atoms with E-state index < -0.39 is 0 Å². The minimum Gasteiger partial charge on any atom is -0.484 e. The van der Waals surface area contributed by atoms with Crippen LogP contribution in [0.5, 0.6) is 5.75 Å². The largest absolute Gasteiger partial charge is 0.484 e. The van der Waals surface area contributed by atoms with Gasteiger partial charge < -0.3 is 15.0 Å². The van der Waals surface area contributed by atoms with Gasteiger partial charge in [0.2, 0.25) is 5.91 Å². The molecule has 0 aliphatic carbocycles. The van der Waals surface area contributed by atoms with Crippen LogP contribution >= 0.6 is 15.9 Å². The molecule has 0 atom stereocenters. The molecule has 0 spiro atoms. The van der Waals surface area contributed by atoms with Gasteiger partial charge in [0.1, 0.15) is 5.75 Å². The number of carbonyl (C=O) groups excluding carboxylic acids is 2. The van der Waals surface area contributed by atoms with E-state index >= 15 is 0 Å². The van der Waals surface area contributed by atoms with Crippen LogP contribution in [0.15, 0.2) is 53.0 Å². The highest BCUT2D eigenvalue weighted by atomic mass is 79.9. The molecule has 0 bridgehead atoms. The summed E-state index contributed by atoms with van der Waals surface area (Å²) in [7, 11) is 0. The molecule has 24 heavy (non-hydrogen) atoms. The van der Waals surface area contributed by atoms with Crippen molar-refractivity contribution in [3.05, 3.63) is 53.0 Å². The number of amides is 2. The van der Waals surface area contributed by atoms with Crippen molar-refractivity contribution < 1.29 is 14.3 Å². The number of hydrogen-bond acceptors (Lipinski definition) is 3. The van der Waals surface area contributed by atoms with Gasteiger partial charge in [0.15, 0.2) is 6.61 Å². The van der Waals surface area contributed by atoms with Crippen molar-refractivity contribution in [3.63, 3.8) is 0 Å². The zero-order valence-corrected chi connectivity index (χ0v) is 14.6. The van der Waals surface area contributed by atoms with Gasteiger partial charge >= 0.3 is 0 Å². The summed E-state index contributed by atoms with van der Waals surface area (Å²) in [6, 6.07) is 14.6. The molecule has 2 amide bonds. The van der Waals surface area contributed by atoms with Gasteiger partial charge in [0.25, 0.3) is 5.91 Å². The highest BCUT2D eigenvalue weighted by Crippen LogP contribution is 2.24. The van der Waals surface area contributed by atoms with Crippen LogP contribution < -0.4 is 15.0 Å². The van der Waals surface area contributed by atoms with E-state index in [1.54, 1.807) is 17.0 Å². The van der Waals surface area contributed by atoms with E-state index in [9.17, 15) is 9.59 Å². The molecule has 1 N–H and O–H groups in total. The molecule has 0 saturated carbocycles. The van der Waals surface area contributed by atoms with Gasteiger partial charge in [-0.25, -0.2) is 0 Å². The fourth-order valence-electron chi connectivity index (χ4n) is 2.52. The molecular weight excluding hydrogens is 372 g/mol. The van der Waals surface area contributed by atoms with Crippen LogP contribution in [0.2, 0.25) is 0 Å². The van der Waals surface area contributed by atoms with Crippen molar-refractivity contribution in [2.75, 3.05) is 23.4 Å². The first-order valence-electron chi connectivity index (χ1n) is 7.70. The number of hydrogen-bond donors (Lipinski definition) is 1. The van der Waals surface area contributed by atoms with Crippen molar-refractivity contribution in [3.8, 4) is 5.75 Å². The number of nitrogens with zero attached hydrogens (tertiary/aromatic N) is 1. The number of benzene rings is 2. The lowest BCUT2D eigenvalue weighted by Gasteiger charge is -2.16. The summed E-state index contributed by atoms with van der Waals surface area (Å²) < 4.78 is 6.44. The van der Waals surface area contributed by atoms with Gasteiger partial charge in [-0.3, -0.25) is 9.59 Å². The third kappa shape index (κ3) is 4.14. The van der Waals surface area contributed by atoms with E-state index in [-0.39, 0.29) is 18.4 Å². The Morgan fingerprint density at radius 1 is 1.12 bits per heavy atom. The molecule has 124 valence electrons. The summed E-state index contributed by atoms with van der Waals surface area (Å²) in [5, 5.41) is 2.76. The van der Waals surface area contributed by atoms with E-state index in [0.717, 1.165) is 28.8 Å². The summed E-state index contributed by atoms with van der Waals surface area (Å²) in [6.45, 7) is 0.687. The second-order valence-corrected chi connectivity index (χ2v) is 6.40. The van der Waals surface area contributed by atoms with Crippen LogP contribution in [-0.4, -0.2) is 25.0 Å². The topological polar surface area (TPSA) is 58.6 Å². The number of anilines is 2. The molecule has 0 radical (unpaired) electrons. The zero-order valence-electron chi connectivity index (χ0n) is 13.0. The lowest BCUT2D eigenvalue weighted by atomic mass is 10.3. The Labute approximate surface area is 148 Å². The maximum atomic E-state index is 11.9. The lowest BCUT2D eigenvalue weighted by molar-refractivity contribution is -0.118. The summed E-state index contributed by atoms with van der Waals surface area (Å²) in [6.07, 6.45) is 1.50. The second kappa shape index (κ2) is 7.49. The highest BCUT2D eigenvalue weighted by Gasteiger charge is 2.21. The maximum Gasteiger partial charge on any atom is 0.262 e. The molecule has 1 fully saturated rings. The average Bonchev–Trinajstić information content (AvgIpc) is 3.02. The summed E-state index contributed by atoms with van der Waals surface area (Å²) in [5.74, 6) is 0.519. The number of rotatable bonds is 5. The van der Waals surface area contributed by atoms with Gasteiger partial charge in [0, 0.05) is 28.8 Å². The van der Waals surface area contributed by atoms with Crippen LogP contribution in [0.1, 0.15) is 12.8 Å². The Balaban J connectivity index is 1.51. The molecule has 0 aromatic heterocycles. The molecule has 6 heteroatoms. The molecule has 5 nitrogen and oxygen atoms in total. The van der Waals surface area contributed by atoms with Gasteiger partial charge in [-0.1, -0.05) is 15.9 Å². The third-order valence-corrected chi connectivity index (χ3v) is 4.25. The Morgan fingerprint density at radius 3 is 2.46 bits per heavy atom. The Morgan fingerprint density at radius 2 is 1.83 bits per heavy atom. The van der Waals surface area contributed by atoms with E-state index in [1.807, 2.05) is 36.4 Å². The van der Waals surface area contributed by atoms with Gasteiger partial charge in [-0.2, -0.15) is 0 Å². The average molecular weight is 389 g/mol. The molecule has 2 aromatic rings. The predicted octanol–water partition coefficient (Wildman–Crippen LogP) is 3.59. The molecular formula is C18H17BrN2O3. The van der Waals surface area contributed by atoms with E-state index in [1.165, 1.54) is 0 Å². The molecule has 1 heterocycles. The number of halogens is 1. The fourth-order valence-corrected chi connectivity index (χ4v) is 2.79. The quantitative estimate of drug-likeness (QED) is 0.850. The summed E-state index contributed by atoms with van der Waals surface area (Å²) in [5.41, 5.74) is 1.58. The van der Waals surface area contributed by atoms with Crippen LogP contribution in [0.3, 0.4) is 0 Å². The number of nitrogens with one attached hydrogen (secondary N) is 1. The molecule has 3 rings (SSSR count). The Kier molecular flexibility index (Phi) is 5.15. The maximum absolute atomic E-state index is 11.9. The van der Waals surface area contributed by atoms with Gasteiger partial charge in [0.05, 0.1) is 0 Å². The smallest absolute Gasteiger partial charge is 0.262 e. The van der Waals surface area contributed by atoms with Gasteiger partial charge in [-0.15, -0.1) is 0 Å². The molecule has 1 saturated heterocycles. The van der Waals surface area contributed by atoms with Crippen LogP contribution in [-0.2, 0) is 9.59 Å². The van der Waals surface area contributed by atoms with Crippen LogP contribution in [0.25, 0.3) is 0 Å². The van der Waals surface area contributed by atoms with Crippen LogP contribution in [0, 0.1) is 0 Å². The number of carbonyl (C=O) groups is 2. The minimum absolute atomic E-state index is 0.0714.